The van der Waals surface area contributed by atoms with Gasteiger partial charge in [0.1, 0.15) is 5.82 Å². The van der Waals surface area contributed by atoms with Gasteiger partial charge >= 0.3 is 0 Å². The second kappa shape index (κ2) is 4.97. The number of halogens is 3. The molecule has 0 aliphatic heterocycles. The minimum absolute atomic E-state index is 0.157. The van der Waals surface area contributed by atoms with E-state index >= 15 is 0 Å². The number of hydrogen-bond donors (Lipinski definition) is 2. The minimum atomic E-state index is -1.62. The molecular weight excluding hydrogens is 259 g/mol. The summed E-state index contributed by atoms with van der Waals surface area (Å²) >= 11 is 0. The van der Waals surface area contributed by atoms with Crippen LogP contribution in [0, 0.1) is 17.5 Å². The molecule has 7 heteroatoms. The molecule has 0 saturated carbocycles. The van der Waals surface area contributed by atoms with Gasteiger partial charge in [0, 0.05) is 5.56 Å². The number of aromatic nitrogens is 1. The van der Waals surface area contributed by atoms with Gasteiger partial charge in [-0.3, -0.25) is 4.79 Å². The van der Waals surface area contributed by atoms with Crippen molar-refractivity contribution in [1.82, 2.24) is 4.98 Å². The Morgan fingerprint density at radius 3 is 2.32 bits per heavy atom. The topological polar surface area (TPSA) is 68.0 Å². The van der Waals surface area contributed by atoms with Crippen molar-refractivity contribution in [3.05, 3.63) is 53.5 Å². The Labute approximate surface area is 106 Å². The van der Waals surface area contributed by atoms with Gasteiger partial charge in [-0.1, -0.05) is 0 Å². The zero-order valence-electron chi connectivity index (χ0n) is 9.45. The van der Waals surface area contributed by atoms with Crippen LogP contribution in [0.25, 0.3) is 0 Å². The van der Waals surface area contributed by atoms with E-state index in [1.54, 1.807) is 0 Å². The third-order valence-electron chi connectivity index (χ3n) is 2.27. The molecular formula is C12H8F3N3O. The molecule has 2 rings (SSSR count). The van der Waals surface area contributed by atoms with Crippen molar-refractivity contribution in [2.45, 2.75) is 0 Å². The Bertz CT molecular complexity index is 606. The number of carbonyl (C=O) groups excluding carboxylic acids is 1. The zero-order chi connectivity index (χ0) is 14.0. The van der Waals surface area contributed by atoms with E-state index in [-0.39, 0.29) is 11.4 Å². The van der Waals surface area contributed by atoms with Gasteiger partial charge in [0.25, 0.3) is 5.91 Å². The molecule has 1 amide bonds. The number of anilines is 2. The summed E-state index contributed by atoms with van der Waals surface area (Å²) in [7, 11) is 0. The van der Waals surface area contributed by atoms with Gasteiger partial charge in [-0.15, -0.1) is 0 Å². The van der Waals surface area contributed by atoms with Crippen molar-refractivity contribution in [2.24, 2.45) is 0 Å². The van der Waals surface area contributed by atoms with Crippen molar-refractivity contribution in [2.75, 3.05) is 11.1 Å². The Morgan fingerprint density at radius 1 is 1.16 bits per heavy atom. The molecule has 1 aromatic heterocycles. The minimum Gasteiger partial charge on any atom is -0.397 e. The molecule has 0 aliphatic rings. The van der Waals surface area contributed by atoms with Gasteiger partial charge in [-0.2, -0.15) is 0 Å². The van der Waals surface area contributed by atoms with Crippen LogP contribution in [0.3, 0.4) is 0 Å². The van der Waals surface area contributed by atoms with E-state index in [9.17, 15) is 18.0 Å². The Kier molecular flexibility index (Phi) is 3.37. The lowest BCUT2D eigenvalue weighted by Gasteiger charge is -2.05. The van der Waals surface area contributed by atoms with E-state index in [0.717, 1.165) is 0 Å². The molecule has 98 valence electrons. The Morgan fingerprint density at radius 2 is 1.79 bits per heavy atom. The van der Waals surface area contributed by atoms with Crippen LogP contribution in [0.15, 0.2) is 30.5 Å². The van der Waals surface area contributed by atoms with E-state index in [1.807, 2.05) is 0 Å². The number of nitrogens with zero attached hydrogens (tertiary/aromatic N) is 1. The number of carbonyl (C=O) groups is 1. The van der Waals surface area contributed by atoms with Crippen LogP contribution >= 0.6 is 0 Å². The SMILES string of the molecule is Nc1ccc(NC(=O)c2cc(F)c(F)c(F)c2)nc1. The summed E-state index contributed by atoms with van der Waals surface area (Å²) in [4.78, 5) is 15.5. The van der Waals surface area contributed by atoms with Gasteiger partial charge < -0.3 is 11.1 Å². The molecule has 1 aromatic carbocycles. The molecule has 0 atom stereocenters. The second-order valence-electron chi connectivity index (χ2n) is 3.68. The van der Waals surface area contributed by atoms with Crippen LogP contribution in [0.1, 0.15) is 10.4 Å². The lowest BCUT2D eigenvalue weighted by Crippen LogP contribution is -2.14. The lowest BCUT2D eigenvalue weighted by molar-refractivity contribution is 0.102. The maximum absolute atomic E-state index is 13.0. The van der Waals surface area contributed by atoms with Gasteiger partial charge in [-0.25, -0.2) is 18.2 Å². The van der Waals surface area contributed by atoms with Crippen molar-refractivity contribution in [1.29, 1.82) is 0 Å². The molecule has 1 heterocycles. The van der Waals surface area contributed by atoms with Crippen LogP contribution in [0.4, 0.5) is 24.7 Å². The summed E-state index contributed by atoms with van der Waals surface area (Å²) in [6.07, 6.45) is 1.31. The number of hydrogen-bond acceptors (Lipinski definition) is 3. The van der Waals surface area contributed by atoms with Crippen molar-refractivity contribution in [3.8, 4) is 0 Å². The predicted molar refractivity (Wildman–Crippen MR) is 62.9 cm³/mol. The second-order valence-corrected chi connectivity index (χ2v) is 3.68. The predicted octanol–water partition coefficient (Wildman–Crippen LogP) is 2.33. The number of pyridine rings is 1. The molecule has 3 N–H and O–H groups in total. The summed E-state index contributed by atoms with van der Waals surface area (Å²) in [6, 6.07) is 4.12. The Balaban J connectivity index is 2.23. The van der Waals surface area contributed by atoms with Crippen LogP contribution in [-0.2, 0) is 0 Å². The highest BCUT2D eigenvalue weighted by Gasteiger charge is 2.15. The molecule has 0 spiro atoms. The third-order valence-corrected chi connectivity index (χ3v) is 2.27. The van der Waals surface area contributed by atoms with E-state index < -0.39 is 23.4 Å². The van der Waals surface area contributed by atoms with Crippen LogP contribution in [0.5, 0.6) is 0 Å². The van der Waals surface area contributed by atoms with E-state index in [0.29, 0.717) is 17.8 Å². The fourth-order valence-electron chi connectivity index (χ4n) is 1.35. The number of nitrogens with two attached hydrogens (primary N) is 1. The number of rotatable bonds is 2. The molecule has 0 radical (unpaired) electrons. The molecule has 0 saturated heterocycles. The van der Waals surface area contributed by atoms with Gasteiger partial charge in [-0.05, 0) is 24.3 Å². The summed E-state index contributed by atoms with van der Waals surface area (Å²) in [6.45, 7) is 0. The number of amides is 1. The highest BCUT2D eigenvalue weighted by atomic mass is 19.2. The van der Waals surface area contributed by atoms with Gasteiger partial charge in [0.05, 0.1) is 11.9 Å². The van der Waals surface area contributed by atoms with Crippen molar-refractivity contribution < 1.29 is 18.0 Å². The summed E-state index contributed by atoms with van der Waals surface area (Å²) in [5.74, 6) is -5.15. The number of nitrogens with one attached hydrogen (secondary N) is 1. The largest absolute Gasteiger partial charge is 0.397 e. The highest BCUT2D eigenvalue weighted by Crippen LogP contribution is 2.15. The zero-order valence-corrected chi connectivity index (χ0v) is 9.45. The quantitative estimate of drug-likeness (QED) is 0.820. The first kappa shape index (κ1) is 12.9. The normalized spacial score (nSPS) is 10.3. The standard InChI is InChI=1S/C12H8F3N3O/c13-8-3-6(4-9(14)11(8)15)12(19)18-10-2-1-7(16)5-17-10/h1-5H,16H2,(H,17,18,19). The fraction of sp³-hybridized carbons (Fsp3) is 0. The summed E-state index contributed by atoms with van der Waals surface area (Å²) in [5.41, 5.74) is 5.46. The average molecular weight is 267 g/mol. The molecule has 4 nitrogen and oxygen atoms in total. The monoisotopic (exact) mass is 267 g/mol. The first-order valence-corrected chi connectivity index (χ1v) is 5.15. The highest BCUT2D eigenvalue weighted by molar-refractivity contribution is 6.03. The smallest absolute Gasteiger partial charge is 0.257 e. The van der Waals surface area contributed by atoms with E-state index in [4.69, 9.17) is 5.73 Å². The fourth-order valence-corrected chi connectivity index (χ4v) is 1.35. The maximum atomic E-state index is 13.0. The molecule has 19 heavy (non-hydrogen) atoms. The Hall–Kier alpha value is -2.57. The van der Waals surface area contributed by atoms with Crippen molar-refractivity contribution in [3.63, 3.8) is 0 Å². The van der Waals surface area contributed by atoms with Gasteiger partial charge in [0.15, 0.2) is 17.5 Å². The van der Waals surface area contributed by atoms with Gasteiger partial charge in [0.2, 0.25) is 0 Å². The van der Waals surface area contributed by atoms with E-state index in [1.165, 1.54) is 18.3 Å². The number of benzene rings is 1. The first-order chi connectivity index (χ1) is 8.97. The lowest BCUT2D eigenvalue weighted by atomic mass is 10.2. The molecule has 0 fully saturated rings. The molecule has 0 unspecified atom stereocenters. The third kappa shape index (κ3) is 2.82. The molecule has 0 bridgehead atoms. The summed E-state index contributed by atoms with van der Waals surface area (Å²) in [5, 5.41) is 2.30. The van der Waals surface area contributed by atoms with Crippen LogP contribution < -0.4 is 11.1 Å². The first-order valence-electron chi connectivity index (χ1n) is 5.15. The van der Waals surface area contributed by atoms with E-state index in [2.05, 4.69) is 10.3 Å². The summed E-state index contributed by atoms with van der Waals surface area (Å²) < 4.78 is 38.7. The van der Waals surface area contributed by atoms with Crippen LogP contribution in [-0.4, -0.2) is 10.9 Å². The van der Waals surface area contributed by atoms with Crippen LogP contribution in [0.2, 0.25) is 0 Å². The average Bonchev–Trinajstić information content (AvgIpc) is 2.38. The maximum Gasteiger partial charge on any atom is 0.257 e. The molecule has 0 aliphatic carbocycles. The molecule has 2 aromatic rings. The number of nitrogen functional groups attached to an aromatic ring is 1. The van der Waals surface area contributed by atoms with Crippen molar-refractivity contribution >= 4 is 17.4 Å².